The normalized spacial score (nSPS) is 10.1. The summed E-state index contributed by atoms with van der Waals surface area (Å²) in [6.45, 7) is 0.729. The third-order valence-electron chi connectivity index (χ3n) is 2.47. The lowest BCUT2D eigenvalue weighted by Crippen LogP contribution is -2.08. The minimum Gasteiger partial charge on any atom is -0.497 e. The Morgan fingerprint density at radius 3 is 2.25 bits per heavy atom. The first-order valence-corrected chi connectivity index (χ1v) is 6.78. The van der Waals surface area contributed by atoms with Gasteiger partial charge >= 0.3 is 5.97 Å². The quantitative estimate of drug-likeness (QED) is 0.795. The summed E-state index contributed by atoms with van der Waals surface area (Å²) in [4.78, 5) is 11.0. The fourth-order valence-corrected chi connectivity index (χ4v) is 2.16. The van der Waals surface area contributed by atoms with Crippen molar-refractivity contribution in [2.45, 2.75) is 0 Å². The number of carbonyl (C=O) groups is 1. The predicted octanol–water partition coefficient (Wildman–Crippen LogP) is 2.91. The van der Waals surface area contributed by atoms with E-state index in [-0.39, 0.29) is 4.88 Å². The lowest BCUT2D eigenvalue weighted by Gasteiger charge is -2.07. The Hall–Kier alpha value is -2.21. The number of methoxy groups -OCH3 is 1. The molecule has 0 spiro atoms. The molecule has 0 aliphatic carbocycles. The van der Waals surface area contributed by atoms with Crippen LogP contribution in [0.15, 0.2) is 35.7 Å². The molecule has 106 valence electrons. The van der Waals surface area contributed by atoms with Gasteiger partial charge < -0.3 is 19.3 Å². The van der Waals surface area contributed by atoms with E-state index >= 15 is 0 Å². The Balaban J connectivity index is 1.73. The molecule has 2 aromatic rings. The molecule has 0 atom stereocenters. The lowest BCUT2D eigenvalue weighted by atomic mass is 10.3. The average molecular weight is 294 g/mol. The van der Waals surface area contributed by atoms with E-state index < -0.39 is 5.97 Å². The minimum absolute atomic E-state index is 0.260. The minimum atomic E-state index is -0.945. The molecule has 1 N–H and O–H groups in total. The number of hydrogen-bond acceptors (Lipinski definition) is 5. The van der Waals surface area contributed by atoms with Crippen molar-refractivity contribution in [3.05, 3.63) is 40.6 Å². The van der Waals surface area contributed by atoms with E-state index in [1.165, 1.54) is 6.07 Å². The number of thiophene rings is 1. The van der Waals surface area contributed by atoms with Crippen molar-refractivity contribution in [1.29, 1.82) is 0 Å². The highest BCUT2D eigenvalue weighted by atomic mass is 32.1. The summed E-state index contributed by atoms with van der Waals surface area (Å²) in [7, 11) is 1.61. The molecule has 5 nitrogen and oxygen atoms in total. The Kier molecular flexibility index (Phi) is 4.84. The maximum Gasteiger partial charge on any atom is 0.346 e. The molecule has 2 rings (SSSR count). The zero-order valence-electron chi connectivity index (χ0n) is 10.9. The summed E-state index contributed by atoms with van der Waals surface area (Å²) in [5.74, 6) is 1.10. The van der Waals surface area contributed by atoms with Crippen molar-refractivity contribution in [3.63, 3.8) is 0 Å². The fraction of sp³-hybridized carbons (Fsp3) is 0.214. The van der Waals surface area contributed by atoms with Crippen LogP contribution in [0, 0.1) is 0 Å². The number of carboxylic acid groups (broad SMARTS) is 1. The number of aromatic carboxylic acids is 1. The van der Waals surface area contributed by atoms with Gasteiger partial charge in [0, 0.05) is 11.4 Å². The van der Waals surface area contributed by atoms with Crippen molar-refractivity contribution >= 4 is 17.3 Å². The summed E-state index contributed by atoms with van der Waals surface area (Å²) in [6.07, 6.45) is 0. The van der Waals surface area contributed by atoms with Crippen LogP contribution in [0.3, 0.4) is 0 Å². The molecule has 1 heterocycles. The molecule has 0 aliphatic heterocycles. The van der Waals surface area contributed by atoms with E-state index in [1.54, 1.807) is 12.5 Å². The van der Waals surface area contributed by atoms with Crippen LogP contribution in [-0.2, 0) is 0 Å². The molecule has 0 saturated carbocycles. The van der Waals surface area contributed by atoms with E-state index in [4.69, 9.17) is 19.3 Å². The van der Waals surface area contributed by atoms with Crippen LogP contribution in [-0.4, -0.2) is 31.4 Å². The first kappa shape index (κ1) is 14.2. The molecule has 0 fully saturated rings. The summed E-state index contributed by atoms with van der Waals surface area (Å²) >= 11 is 1.14. The van der Waals surface area contributed by atoms with Crippen LogP contribution in [0.2, 0.25) is 0 Å². The van der Waals surface area contributed by atoms with Crippen LogP contribution in [0.25, 0.3) is 0 Å². The van der Waals surface area contributed by atoms with Gasteiger partial charge in [-0.1, -0.05) is 0 Å². The Bertz CT molecular complexity index is 561. The highest BCUT2D eigenvalue weighted by Gasteiger charge is 2.07. The monoisotopic (exact) mass is 294 g/mol. The SMILES string of the molecule is COc1ccc(OCCOc2csc(C(=O)O)c2)cc1. The highest BCUT2D eigenvalue weighted by Crippen LogP contribution is 2.21. The molecule has 20 heavy (non-hydrogen) atoms. The second-order valence-corrected chi connectivity index (χ2v) is 4.74. The first-order chi connectivity index (χ1) is 9.69. The van der Waals surface area contributed by atoms with Gasteiger partial charge in [0.05, 0.1) is 7.11 Å². The molecule has 0 unspecified atom stereocenters. The van der Waals surface area contributed by atoms with Crippen molar-refractivity contribution < 1.29 is 24.1 Å². The molecule has 0 bridgehead atoms. The van der Waals surface area contributed by atoms with Gasteiger partial charge in [-0.2, -0.15) is 0 Å². The second-order valence-electron chi connectivity index (χ2n) is 3.82. The molecule has 0 amide bonds. The number of carboxylic acids is 1. The smallest absolute Gasteiger partial charge is 0.346 e. The molecular weight excluding hydrogens is 280 g/mol. The maximum absolute atomic E-state index is 10.7. The van der Waals surface area contributed by atoms with Crippen molar-refractivity contribution in [2.24, 2.45) is 0 Å². The Morgan fingerprint density at radius 2 is 1.70 bits per heavy atom. The van der Waals surface area contributed by atoms with E-state index in [2.05, 4.69) is 0 Å². The van der Waals surface area contributed by atoms with Crippen molar-refractivity contribution in [1.82, 2.24) is 0 Å². The molecule has 0 saturated heterocycles. The van der Waals surface area contributed by atoms with Crippen LogP contribution in [0.1, 0.15) is 9.67 Å². The number of ether oxygens (including phenoxy) is 3. The van der Waals surface area contributed by atoms with Crippen LogP contribution >= 0.6 is 11.3 Å². The Labute approximate surface area is 120 Å². The Morgan fingerprint density at radius 1 is 1.10 bits per heavy atom. The second kappa shape index (κ2) is 6.81. The van der Waals surface area contributed by atoms with E-state index in [9.17, 15) is 4.79 Å². The predicted molar refractivity (Wildman–Crippen MR) is 75.3 cm³/mol. The largest absolute Gasteiger partial charge is 0.497 e. The van der Waals surface area contributed by atoms with Crippen LogP contribution in [0.4, 0.5) is 0 Å². The van der Waals surface area contributed by atoms with E-state index in [0.717, 1.165) is 22.8 Å². The molecule has 6 heteroatoms. The van der Waals surface area contributed by atoms with Gasteiger partial charge in [-0.15, -0.1) is 11.3 Å². The number of hydrogen-bond donors (Lipinski definition) is 1. The van der Waals surface area contributed by atoms with E-state index in [1.807, 2.05) is 24.3 Å². The van der Waals surface area contributed by atoms with E-state index in [0.29, 0.717) is 19.0 Å². The summed E-state index contributed by atoms with van der Waals surface area (Å²) in [5.41, 5.74) is 0. The van der Waals surface area contributed by atoms with Gasteiger partial charge in [0.2, 0.25) is 0 Å². The summed E-state index contributed by atoms with van der Waals surface area (Å²) < 4.78 is 15.9. The highest BCUT2D eigenvalue weighted by molar-refractivity contribution is 7.12. The first-order valence-electron chi connectivity index (χ1n) is 5.90. The van der Waals surface area contributed by atoms with Gasteiger partial charge in [0.15, 0.2) is 0 Å². The van der Waals surface area contributed by atoms with Gasteiger partial charge in [-0.25, -0.2) is 4.79 Å². The number of rotatable bonds is 7. The molecule has 1 aromatic heterocycles. The zero-order valence-corrected chi connectivity index (χ0v) is 11.7. The van der Waals surface area contributed by atoms with Gasteiger partial charge in [-0.05, 0) is 24.3 Å². The van der Waals surface area contributed by atoms with Gasteiger partial charge in [0.25, 0.3) is 0 Å². The van der Waals surface area contributed by atoms with Crippen molar-refractivity contribution in [2.75, 3.05) is 20.3 Å². The average Bonchev–Trinajstić information content (AvgIpc) is 2.93. The third-order valence-corrected chi connectivity index (χ3v) is 3.36. The molecule has 0 radical (unpaired) electrons. The van der Waals surface area contributed by atoms with Crippen LogP contribution in [0.5, 0.6) is 17.2 Å². The van der Waals surface area contributed by atoms with Crippen LogP contribution < -0.4 is 14.2 Å². The lowest BCUT2D eigenvalue weighted by molar-refractivity contribution is 0.0702. The van der Waals surface area contributed by atoms with Crippen molar-refractivity contribution in [3.8, 4) is 17.2 Å². The third kappa shape index (κ3) is 3.89. The molecule has 1 aromatic carbocycles. The summed E-state index contributed by atoms with van der Waals surface area (Å²) in [6, 6.07) is 8.75. The van der Waals surface area contributed by atoms with Gasteiger partial charge in [-0.3, -0.25) is 0 Å². The summed E-state index contributed by atoms with van der Waals surface area (Å²) in [5, 5.41) is 10.4. The standard InChI is InChI=1S/C14H14O5S/c1-17-10-2-4-11(5-3-10)18-6-7-19-12-8-13(14(15)16)20-9-12/h2-5,8-9H,6-7H2,1H3,(H,15,16). The van der Waals surface area contributed by atoms with Gasteiger partial charge in [0.1, 0.15) is 35.3 Å². The molecular formula is C14H14O5S. The number of benzene rings is 1. The zero-order chi connectivity index (χ0) is 14.4. The fourth-order valence-electron chi connectivity index (χ4n) is 1.50. The topological polar surface area (TPSA) is 65.0 Å². The molecule has 0 aliphatic rings. The maximum atomic E-state index is 10.7.